The maximum absolute atomic E-state index is 9.30. The fourth-order valence-electron chi connectivity index (χ4n) is 0.760. The average Bonchev–Trinajstić information content (AvgIpc) is 2.20. The molecule has 0 aromatic rings. The zero-order valence-corrected chi connectivity index (χ0v) is 12.0. The molecule has 0 aliphatic heterocycles. The van der Waals surface area contributed by atoms with Crippen LogP contribution in [0.4, 0.5) is 0 Å². The molecule has 0 aliphatic carbocycles. The minimum Gasteiger partial charge on any atom is -1.00 e. The largest absolute Gasteiger partial charge is 2.00 e. The van der Waals surface area contributed by atoms with Gasteiger partial charge < -0.3 is 32.8 Å². The fraction of sp³-hybridized carbons (Fsp3) is 1.00. The minimum atomic E-state index is 0. The molecule has 0 aromatic heterocycles. The Kier molecular flexibility index (Phi) is 39.8. The number of aliphatic hydroxyl groups is 3. The molecule has 7 heteroatoms. The van der Waals surface area contributed by atoms with E-state index in [4.69, 9.17) is 15.3 Å². The van der Waals surface area contributed by atoms with Gasteiger partial charge in [-0.05, 0) is 0 Å². The number of nitrogens with zero attached hydrogens (tertiary/aromatic N) is 1. The van der Waals surface area contributed by atoms with Gasteiger partial charge in [0.05, 0.1) is 19.8 Å². The van der Waals surface area contributed by atoms with Crippen LogP contribution in [0.2, 0.25) is 0 Å². The molecule has 0 fully saturated rings. The Bertz CT molecular complexity index is 87.3. The van der Waals surface area contributed by atoms with Crippen LogP contribution in [0.1, 0.15) is 13.3 Å². The molecule has 0 aliphatic rings. The molecule has 3 N–H and O–H groups in total. The Morgan fingerprint density at radius 2 is 1.19 bits per heavy atom. The van der Waals surface area contributed by atoms with Crippen molar-refractivity contribution in [1.82, 2.24) is 4.90 Å². The Labute approximate surface area is 119 Å². The number of halogens is 1. The summed E-state index contributed by atoms with van der Waals surface area (Å²) in [6, 6.07) is 0. The van der Waals surface area contributed by atoms with Gasteiger partial charge in [-0.2, -0.15) is 0 Å². The van der Waals surface area contributed by atoms with Crippen LogP contribution < -0.4 is 17.5 Å². The van der Waals surface area contributed by atoms with E-state index in [0.29, 0.717) is 19.6 Å². The topological polar surface area (TPSA) is 87.0 Å². The van der Waals surface area contributed by atoms with Gasteiger partial charge >= 0.3 is 21.7 Å². The second-order valence-electron chi connectivity index (χ2n) is 2.72. The monoisotopic (exact) mass is 291 g/mol. The smallest absolute Gasteiger partial charge is 1.00 e. The Morgan fingerprint density at radius 3 is 1.31 bits per heavy atom. The van der Waals surface area contributed by atoms with Gasteiger partial charge in [-0.1, -0.05) is 13.3 Å². The van der Waals surface area contributed by atoms with Gasteiger partial charge in [0, 0.05) is 19.6 Å². The van der Waals surface area contributed by atoms with Gasteiger partial charge in [-0.3, -0.25) is 4.90 Å². The summed E-state index contributed by atoms with van der Waals surface area (Å²) in [5.41, 5.74) is 0. The first-order chi connectivity index (χ1) is 6.76. The number of aliphatic hydroxyl groups excluding tert-OH is 3. The first-order valence-electron chi connectivity index (χ1n) is 4.89. The summed E-state index contributed by atoms with van der Waals surface area (Å²) in [7, 11) is 0. The molecule has 0 radical (unpaired) electrons. The van der Waals surface area contributed by atoms with Gasteiger partial charge in [0.15, 0.2) is 0 Å². The van der Waals surface area contributed by atoms with Crippen molar-refractivity contribution in [2.75, 3.05) is 46.1 Å². The first-order valence-corrected chi connectivity index (χ1v) is 4.89. The van der Waals surface area contributed by atoms with Crippen molar-refractivity contribution in [2.24, 2.45) is 0 Å². The summed E-state index contributed by atoms with van der Waals surface area (Å²) in [5, 5.41) is 34.8. The Balaban J connectivity index is -0.000000105. The molecule has 0 bridgehead atoms. The quantitative estimate of drug-likeness (QED) is 0.409. The number of hydrogen-bond acceptors (Lipinski definition) is 5. The van der Waals surface area contributed by atoms with Crippen LogP contribution in [0, 0.1) is 0 Å². The summed E-state index contributed by atoms with van der Waals surface area (Å²) >= 11 is 0. The zero-order chi connectivity index (χ0) is 11.2. The molecule has 0 rings (SSSR count). The van der Waals surface area contributed by atoms with Gasteiger partial charge in [0.1, 0.15) is 0 Å². The molecule has 5 nitrogen and oxygen atoms in total. The van der Waals surface area contributed by atoms with E-state index < -0.39 is 0 Å². The average molecular weight is 292 g/mol. The molecule has 0 unspecified atom stereocenters. The molecule has 0 spiro atoms. The molecular formula is C9H22ClNO4Ti. The van der Waals surface area contributed by atoms with Crippen LogP contribution in [0.25, 0.3) is 0 Å². The molecule has 0 saturated heterocycles. The van der Waals surface area contributed by atoms with Gasteiger partial charge in [-0.25, -0.2) is 0 Å². The summed E-state index contributed by atoms with van der Waals surface area (Å²) in [6.45, 7) is 3.69. The van der Waals surface area contributed by atoms with Crippen LogP contribution >= 0.6 is 0 Å². The second-order valence-corrected chi connectivity index (χ2v) is 2.72. The Hall–Kier alpha value is 0.804. The van der Waals surface area contributed by atoms with Gasteiger partial charge in [0.2, 0.25) is 0 Å². The van der Waals surface area contributed by atoms with Crippen molar-refractivity contribution in [3.63, 3.8) is 0 Å². The third kappa shape index (κ3) is 24.2. The molecular weight excluding hydrogens is 269 g/mol. The summed E-state index contributed by atoms with van der Waals surface area (Å²) in [4.78, 5) is 1.79. The maximum atomic E-state index is 9.30. The van der Waals surface area contributed by atoms with Crippen molar-refractivity contribution >= 4 is 0 Å². The normalized spacial score (nSPS) is 8.62. The van der Waals surface area contributed by atoms with E-state index in [1.54, 1.807) is 4.90 Å². The third-order valence-corrected chi connectivity index (χ3v) is 1.45. The van der Waals surface area contributed by atoms with E-state index >= 15 is 0 Å². The van der Waals surface area contributed by atoms with E-state index in [1.165, 1.54) is 0 Å². The van der Waals surface area contributed by atoms with E-state index in [2.05, 4.69) is 0 Å². The minimum absolute atomic E-state index is 0. The molecule has 0 amide bonds. The predicted molar refractivity (Wildman–Crippen MR) is 52.9 cm³/mol. The van der Waals surface area contributed by atoms with Crippen LogP contribution in [0.15, 0.2) is 0 Å². The van der Waals surface area contributed by atoms with E-state index in [1.807, 2.05) is 6.92 Å². The maximum Gasteiger partial charge on any atom is 2.00 e. The molecule has 0 aromatic carbocycles. The zero-order valence-electron chi connectivity index (χ0n) is 9.73. The Morgan fingerprint density at radius 1 is 0.938 bits per heavy atom. The molecule has 98 valence electrons. The molecule has 0 atom stereocenters. The van der Waals surface area contributed by atoms with Crippen LogP contribution in [0.3, 0.4) is 0 Å². The van der Waals surface area contributed by atoms with E-state index in [0.717, 1.165) is 6.42 Å². The van der Waals surface area contributed by atoms with E-state index in [9.17, 15) is 5.11 Å². The standard InChI is InChI=1S/C6H15NO3.C3H7O.ClH.Ti/c8-4-1-7(2-5-9)3-6-10;1-2-3-4;;/h8-10H,1-6H2;2-3H2,1H3;1H;/q;-1;;+2/p-1. The summed E-state index contributed by atoms with van der Waals surface area (Å²) in [6.07, 6.45) is 0.764. The molecule has 0 heterocycles. The van der Waals surface area contributed by atoms with Crippen LogP contribution in [-0.4, -0.2) is 66.3 Å². The fourth-order valence-corrected chi connectivity index (χ4v) is 0.760. The van der Waals surface area contributed by atoms with Crippen molar-refractivity contribution in [2.45, 2.75) is 13.3 Å². The van der Waals surface area contributed by atoms with E-state index in [-0.39, 0.29) is 60.6 Å². The SMILES string of the molecule is CCC[O-].OCCN(CCO)CCO.[Cl-].[Ti+2]. The first kappa shape index (κ1) is 25.6. The second kappa shape index (κ2) is 24.9. The third-order valence-electron chi connectivity index (χ3n) is 1.45. The van der Waals surface area contributed by atoms with Gasteiger partial charge in [0.25, 0.3) is 0 Å². The summed E-state index contributed by atoms with van der Waals surface area (Å²) < 4.78 is 0. The van der Waals surface area contributed by atoms with Crippen molar-refractivity contribution < 1.29 is 54.6 Å². The van der Waals surface area contributed by atoms with Crippen molar-refractivity contribution in [1.29, 1.82) is 0 Å². The summed E-state index contributed by atoms with van der Waals surface area (Å²) in [5.74, 6) is 0. The van der Waals surface area contributed by atoms with Gasteiger partial charge in [-0.15, -0.1) is 6.61 Å². The number of hydrogen-bond donors (Lipinski definition) is 3. The molecule has 0 saturated carbocycles. The predicted octanol–water partition coefficient (Wildman–Crippen LogP) is -4.98. The van der Waals surface area contributed by atoms with Crippen molar-refractivity contribution in [3.05, 3.63) is 0 Å². The van der Waals surface area contributed by atoms with Crippen LogP contribution in [-0.2, 0) is 21.7 Å². The van der Waals surface area contributed by atoms with Crippen LogP contribution in [0.5, 0.6) is 0 Å². The van der Waals surface area contributed by atoms with Crippen molar-refractivity contribution in [3.8, 4) is 0 Å². The number of rotatable bonds is 7. The molecule has 16 heavy (non-hydrogen) atoms.